The Morgan fingerprint density at radius 3 is 2.27 bits per heavy atom. The fourth-order valence-electron chi connectivity index (χ4n) is 7.37. The molecule has 312 valence electrons. The van der Waals surface area contributed by atoms with Crippen molar-refractivity contribution < 1.29 is 38.5 Å². The monoisotopic (exact) mass is 869 g/mol. The normalized spacial score (nSPS) is 16.3. The largest absolute Gasteiger partial charge is 0.468 e. The molecule has 2 atom stereocenters. The first-order valence-corrected chi connectivity index (χ1v) is 20.5. The topological polar surface area (TPSA) is 173 Å². The molecule has 0 fully saturated rings. The van der Waals surface area contributed by atoms with Gasteiger partial charge in [-0.3, -0.25) is 19.3 Å². The zero-order valence-electron chi connectivity index (χ0n) is 33.9. The molecule has 4 aromatic carbocycles. The van der Waals surface area contributed by atoms with Gasteiger partial charge in [0.25, 0.3) is 11.8 Å². The number of methoxy groups -OCH3 is 1. The van der Waals surface area contributed by atoms with Crippen molar-refractivity contribution in [3.05, 3.63) is 133 Å². The van der Waals surface area contributed by atoms with Crippen LogP contribution in [-0.2, 0) is 48.4 Å². The maximum atomic E-state index is 13.3. The van der Waals surface area contributed by atoms with Gasteiger partial charge in [-0.15, -0.1) is 0 Å². The number of halogens is 1. The van der Waals surface area contributed by atoms with Crippen LogP contribution >= 0.6 is 15.9 Å². The summed E-state index contributed by atoms with van der Waals surface area (Å²) in [7, 11) is 1.54. The van der Waals surface area contributed by atoms with Crippen molar-refractivity contribution >= 4 is 39.7 Å². The molecule has 0 aromatic heterocycles. The number of aliphatic hydroxyl groups excluding tert-OH is 1. The summed E-state index contributed by atoms with van der Waals surface area (Å²) < 4.78 is 17.2. The van der Waals surface area contributed by atoms with Crippen LogP contribution < -0.4 is 21.1 Å². The third-order valence-electron chi connectivity index (χ3n) is 10.5. The number of benzene rings is 4. The summed E-state index contributed by atoms with van der Waals surface area (Å²) >= 11 is 3.40. The van der Waals surface area contributed by atoms with Crippen LogP contribution in [0.3, 0.4) is 0 Å². The van der Waals surface area contributed by atoms with Crippen LogP contribution in [0, 0.1) is 0 Å². The third-order valence-corrected chi connectivity index (χ3v) is 11.0. The molecule has 4 aromatic rings. The molecule has 0 radical (unpaired) electrons. The molecule has 59 heavy (non-hydrogen) atoms. The molecule has 0 unspecified atom stereocenters. The number of nitrogens with one attached hydrogen (secondary N) is 2. The summed E-state index contributed by atoms with van der Waals surface area (Å²) in [5.41, 5.74) is 12.6. The molecule has 7 rings (SSSR count). The fraction of sp³-hybridized carbons (Fsp3) is 0.378. The van der Waals surface area contributed by atoms with Gasteiger partial charge in [0.15, 0.2) is 6.79 Å². The van der Waals surface area contributed by atoms with Crippen molar-refractivity contribution in [2.45, 2.75) is 77.4 Å². The number of aliphatic hydroxyl groups is 1. The van der Waals surface area contributed by atoms with Crippen molar-refractivity contribution in [2.75, 3.05) is 33.5 Å². The van der Waals surface area contributed by atoms with Crippen LogP contribution in [-0.4, -0.2) is 90.0 Å². The second-order valence-electron chi connectivity index (χ2n) is 15.9. The van der Waals surface area contributed by atoms with E-state index >= 15 is 0 Å². The van der Waals surface area contributed by atoms with Gasteiger partial charge in [-0.25, -0.2) is 4.79 Å². The first kappa shape index (κ1) is 43.3. The van der Waals surface area contributed by atoms with E-state index in [2.05, 4.69) is 26.6 Å². The standard InChI is InChI=1S/C35H40BrN3O7.C10H12N2O/c1-35(2,3)46-34(43)39-20-27-16-29(45-21-44-4)12-9-23(27)17-30(39)31(40)18-37-32(41)25-5-6-26-19-38(14-13-24(26)15-25)33(42)22-7-10-28(36)11-8-22;11-10(13)8-1-2-9-6-12-4-3-7(9)5-8/h5-12,15-16,30-31,40H,13-14,17-21H2,1-4H3,(H,37,41);1-2,5,12H,3-4,6H2,(H2,11,13)/t30-,31+;/m0./s1. The molecule has 0 spiro atoms. The molecular weight excluding hydrogens is 818 g/mol. The van der Waals surface area contributed by atoms with Gasteiger partial charge >= 0.3 is 6.09 Å². The quantitative estimate of drug-likeness (QED) is 0.158. The van der Waals surface area contributed by atoms with Gasteiger partial charge in [-0.1, -0.05) is 34.1 Å². The van der Waals surface area contributed by atoms with Gasteiger partial charge < -0.3 is 40.6 Å². The molecule has 0 saturated heterocycles. The fourth-order valence-corrected chi connectivity index (χ4v) is 7.64. The SMILES string of the molecule is COCOc1ccc2c(c1)CN(C(=O)OC(C)(C)C)[C@H]([C@H](O)CNC(=O)c1ccc3c(c1)CCN(C(=O)c1ccc(Br)cc1)C3)C2.NC(=O)c1ccc2c(c1)CCNC2. The second-order valence-corrected chi connectivity index (χ2v) is 16.8. The van der Waals surface area contributed by atoms with Gasteiger partial charge in [-0.2, -0.15) is 0 Å². The van der Waals surface area contributed by atoms with Crippen molar-refractivity contribution in [3.63, 3.8) is 0 Å². The average molecular weight is 871 g/mol. The predicted molar refractivity (Wildman–Crippen MR) is 226 cm³/mol. The Hall–Kier alpha value is -5.28. The van der Waals surface area contributed by atoms with Crippen molar-refractivity contribution in [1.29, 1.82) is 0 Å². The maximum absolute atomic E-state index is 13.3. The van der Waals surface area contributed by atoms with Crippen LogP contribution in [0.15, 0.2) is 83.3 Å². The maximum Gasteiger partial charge on any atom is 0.410 e. The number of primary amides is 1. The van der Waals surface area contributed by atoms with Crippen molar-refractivity contribution in [1.82, 2.24) is 20.4 Å². The molecule has 0 saturated carbocycles. The third kappa shape index (κ3) is 11.3. The molecule has 0 bridgehead atoms. The molecule has 3 aliphatic heterocycles. The highest BCUT2D eigenvalue weighted by Crippen LogP contribution is 2.30. The minimum atomic E-state index is -1.05. The summed E-state index contributed by atoms with van der Waals surface area (Å²) in [4.78, 5) is 53.7. The lowest BCUT2D eigenvalue weighted by atomic mass is 9.91. The van der Waals surface area contributed by atoms with E-state index in [0.717, 1.165) is 46.2 Å². The number of hydrogen-bond donors (Lipinski definition) is 4. The van der Waals surface area contributed by atoms with Crippen LogP contribution in [0.5, 0.6) is 5.75 Å². The molecular formula is C45H52BrN5O8. The first-order chi connectivity index (χ1) is 28.2. The van der Waals surface area contributed by atoms with E-state index in [0.29, 0.717) is 48.4 Å². The number of hydrogen-bond acceptors (Lipinski definition) is 9. The van der Waals surface area contributed by atoms with Crippen LogP contribution in [0.4, 0.5) is 4.79 Å². The average Bonchev–Trinajstić information content (AvgIpc) is 3.23. The molecule has 13 nitrogen and oxygen atoms in total. The minimum Gasteiger partial charge on any atom is -0.468 e. The van der Waals surface area contributed by atoms with Crippen molar-refractivity contribution in [2.24, 2.45) is 5.73 Å². The summed E-state index contributed by atoms with van der Waals surface area (Å²) in [6.45, 7) is 8.54. The number of ether oxygens (including phenoxy) is 3. The Bertz CT molecular complexity index is 2170. The highest BCUT2D eigenvalue weighted by Gasteiger charge is 2.37. The number of carbonyl (C=O) groups is 4. The Labute approximate surface area is 353 Å². The Morgan fingerprint density at radius 2 is 1.54 bits per heavy atom. The van der Waals surface area contributed by atoms with E-state index in [9.17, 15) is 24.3 Å². The number of nitrogens with zero attached hydrogens (tertiary/aromatic N) is 2. The molecule has 14 heteroatoms. The molecule has 0 aliphatic carbocycles. The first-order valence-electron chi connectivity index (χ1n) is 19.7. The molecule has 4 amide bonds. The summed E-state index contributed by atoms with van der Waals surface area (Å²) in [6, 6.07) is 23.4. The van der Waals surface area contributed by atoms with Crippen LogP contribution in [0.25, 0.3) is 0 Å². The van der Waals surface area contributed by atoms with E-state index in [4.69, 9.17) is 19.9 Å². The van der Waals surface area contributed by atoms with E-state index < -0.39 is 23.8 Å². The summed E-state index contributed by atoms with van der Waals surface area (Å²) in [5, 5.41) is 17.4. The summed E-state index contributed by atoms with van der Waals surface area (Å²) in [5.74, 6) is -0.0824. The number of nitrogens with two attached hydrogens (primary N) is 1. The Morgan fingerprint density at radius 1 is 0.864 bits per heavy atom. The molecule has 3 heterocycles. The number of rotatable bonds is 9. The lowest BCUT2D eigenvalue weighted by molar-refractivity contribution is -0.0114. The van der Waals surface area contributed by atoms with Gasteiger partial charge in [0.05, 0.1) is 12.1 Å². The van der Waals surface area contributed by atoms with E-state index in [1.165, 1.54) is 16.0 Å². The van der Waals surface area contributed by atoms with Gasteiger partial charge in [0.1, 0.15) is 11.4 Å². The number of fused-ring (bicyclic) bond motifs is 3. The lowest BCUT2D eigenvalue weighted by Gasteiger charge is -2.40. The van der Waals surface area contributed by atoms with E-state index in [1.54, 1.807) is 52.1 Å². The smallest absolute Gasteiger partial charge is 0.410 e. The summed E-state index contributed by atoms with van der Waals surface area (Å²) in [6.07, 6.45) is 0.399. The van der Waals surface area contributed by atoms with E-state index in [-0.39, 0.29) is 37.6 Å². The highest BCUT2D eigenvalue weighted by atomic mass is 79.9. The van der Waals surface area contributed by atoms with Gasteiger partial charge in [0.2, 0.25) is 5.91 Å². The van der Waals surface area contributed by atoms with Crippen molar-refractivity contribution in [3.8, 4) is 5.75 Å². The predicted octanol–water partition coefficient (Wildman–Crippen LogP) is 5.51. The molecule has 5 N–H and O–H groups in total. The molecule has 3 aliphatic rings. The number of carbonyl (C=O) groups excluding carboxylic acids is 4. The van der Waals surface area contributed by atoms with Gasteiger partial charge in [0, 0.05) is 61.0 Å². The Kier molecular flexibility index (Phi) is 14.1. The number of amides is 4. The second kappa shape index (κ2) is 19.2. The highest BCUT2D eigenvalue weighted by molar-refractivity contribution is 9.10. The zero-order valence-corrected chi connectivity index (χ0v) is 35.5. The Balaban J connectivity index is 0.000000379. The van der Waals surface area contributed by atoms with E-state index in [1.807, 2.05) is 59.5 Å². The van der Waals surface area contributed by atoms with Gasteiger partial charge in [-0.05, 0) is 141 Å². The minimum absolute atomic E-state index is 0.0282. The zero-order chi connectivity index (χ0) is 42.3. The lowest BCUT2D eigenvalue weighted by Crippen LogP contribution is -2.54. The van der Waals surface area contributed by atoms with Crippen LogP contribution in [0.2, 0.25) is 0 Å². The van der Waals surface area contributed by atoms with Crippen LogP contribution in [0.1, 0.15) is 85.2 Å².